The third-order valence-electron chi connectivity index (χ3n) is 3.15. The summed E-state index contributed by atoms with van der Waals surface area (Å²) in [6.45, 7) is 0. The second-order valence-corrected chi connectivity index (χ2v) is 5.32. The van der Waals surface area contributed by atoms with E-state index < -0.39 is 0 Å². The standard InChI is InChI=1S/C14H9N3Se/c1-2-4-12-10(3-1)11(8-15-12)9-5-6-13-14(7-9)17-18-16-13/h1-8,15H. The van der Waals surface area contributed by atoms with Crippen molar-refractivity contribution in [1.82, 2.24) is 12.9 Å². The van der Waals surface area contributed by atoms with Gasteiger partial charge in [0.2, 0.25) is 0 Å². The summed E-state index contributed by atoms with van der Waals surface area (Å²) in [6, 6.07) is 14.6. The number of fused-ring (bicyclic) bond motifs is 2. The average Bonchev–Trinajstić information content (AvgIpc) is 3.04. The van der Waals surface area contributed by atoms with Crippen molar-refractivity contribution in [3.8, 4) is 11.1 Å². The Morgan fingerprint density at radius 1 is 0.944 bits per heavy atom. The summed E-state index contributed by atoms with van der Waals surface area (Å²) < 4.78 is 8.81. The molecule has 0 radical (unpaired) electrons. The Kier molecular flexibility index (Phi) is 2.13. The van der Waals surface area contributed by atoms with E-state index in [2.05, 4.69) is 55.5 Å². The molecule has 2 heterocycles. The van der Waals surface area contributed by atoms with Crippen molar-refractivity contribution < 1.29 is 0 Å². The minimum absolute atomic E-state index is 0.0428. The first-order chi connectivity index (χ1) is 8.92. The van der Waals surface area contributed by atoms with Crippen LogP contribution in [0.1, 0.15) is 0 Å². The van der Waals surface area contributed by atoms with Crippen LogP contribution < -0.4 is 0 Å². The van der Waals surface area contributed by atoms with E-state index >= 15 is 0 Å². The van der Waals surface area contributed by atoms with Gasteiger partial charge in [-0.2, -0.15) is 0 Å². The minimum atomic E-state index is 0.0428. The van der Waals surface area contributed by atoms with E-state index in [9.17, 15) is 0 Å². The van der Waals surface area contributed by atoms with Crippen LogP contribution in [-0.2, 0) is 0 Å². The van der Waals surface area contributed by atoms with Crippen molar-refractivity contribution in [2.24, 2.45) is 0 Å². The summed E-state index contributed by atoms with van der Waals surface area (Å²) in [4.78, 5) is 3.30. The van der Waals surface area contributed by atoms with Gasteiger partial charge in [-0.1, -0.05) is 0 Å². The molecular formula is C14H9N3Se. The molecule has 0 unspecified atom stereocenters. The van der Waals surface area contributed by atoms with Crippen molar-refractivity contribution >= 4 is 36.9 Å². The SMILES string of the molecule is c1ccc2c(-c3ccc4n[se]nc4c3)c[nH]c2c1. The van der Waals surface area contributed by atoms with Crippen LogP contribution in [0.15, 0.2) is 48.7 Å². The number of benzene rings is 2. The fourth-order valence-electron chi connectivity index (χ4n) is 2.26. The molecule has 2 aromatic heterocycles. The summed E-state index contributed by atoms with van der Waals surface area (Å²) in [7, 11) is 0. The first-order valence-corrected chi connectivity index (χ1v) is 7.24. The van der Waals surface area contributed by atoms with Crippen LogP contribution in [0.5, 0.6) is 0 Å². The van der Waals surface area contributed by atoms with Crippen molar-refractivity contribution in [1.29, 1.82) is 0 Å². The topological polar surface area (TPSA) is 41.6 Å². The summed E-state index contributed by atoms with van der Waals surface area (Å²) in [6.07, 6.45) is 2.06. The van der Waals surface area contributed by atoms with E-state index in [0.717, 1.165) is 11.0 Å². The van der Waals surface area contributed by atoms with E-state index in [1.807, 2.05) is 6.07 Å². The van der Waals surface area contributed by atoms with Crippen LogP contribution in [0, 0.1) is 0 Å². The summed E-state index contributed by atoms with van der Waals surface area (Å²) >= 11 is 0.0428. The van der Waals surface area contributed by atoms with Crippen molar-refractivity contribution in [2.45, 2.75) is 0 Å². The Balaban J connectivity index is 2.00. The maximum absolute atomic E-state index is 4.44. The molecule has 0 fully saturated rings. The van der Waals surface area contributed by atoms with Crippen LogP contribution in [0.4, 0.5) is 0 Å². The Morgan fingerprint density at radius 3 is 2.83 bits per heavy atom. The molecular weight excluding hydrogens is 289 g/mol. The molecule has 0 saturated heterocycles. The summed E-state index contributed by atoms with van der Waals surface area (Å²) in [5.41, 5.74) is 5.64. The molecule has 0 saturated carbocycles. The van der Waals surface area contributed by atoms with Gasteiger partial charge >= 0.3 is 110 Å². The molecule has 0 spiro atoms. The van der Waals surface area contributed by atoms with Crippen LogP contribution in [0.2, 0.25) is 0 Å². The predicted molar refractivity (Wildman–Crippen MR) is 73.8 cm³/mol. The molecule has 4 rings (SSSR count). The third-order valence-corrected chi connectivity index (χ3v) is 4.32. The third kappa shape index (κ3) is 1.43. The fraction of sp³-hybridized carbons (Fsp3) is 0. The number of hydrogen-bond acceptors (Lipinski definition) is 2. The first-order valence-electron chi connectivity index (χ1n) is 5.71. The van der Waals surface area contributed by atoms with Gasteiger partial charge in [0.05, 0.1) is 0 Å². The van der Waals surface area contributed by atoms with Crippen molar-refractivity contribution in [2.75, 3.05) is 0 Å². The fourth-order valence-corrected chi connectivity index (χ4v) is 3.35. The second-order valence-electron chi connectivity index (χ2n) is 4.22. The van der Waals surface area contributed by atoms with Gasteiger partial charge < -0.3 is 0 Å². The number of aromatic nitrogens is 3. The van der Waals surface area contributed by atoms with E-state index in [0.29, 0.717) is 0 Å². The maximum atomic E-state index is 4.44. The normalized spacial score (nSPS) is 11.3. The molecule has 2 aromatic carbocycles. The second kappa shape index (κ2) is 3.80. The Hall–Kier alpha value is -1.90. The van der Waals surface area contributed by atoms with Gasteiger partial charge in [0.1, 0.15) is 0 Å². The van der Waals surface area contributed by atoms with E-state index in [1.54, 1.807) is 0 Å². The molecule has 0 bridgehead atoms. The van der Waals surface area contributed by atoms with Crippen LogP contribution in [-0.4, -0.2) is 27.9 Å². The van der Waals surface area contributed by atoms with Gasteiger partial charge in [0.25, 0.3) is 0 Å². The molecule has 0 atom stereocenters. The number of aromatic amines is 1. The number of nitrogens with zero attached hydrogens (tertiary/aromatic N) is 2. The molecule has 3 nitrogen and oxygen atoms in total. The Labute approximate surface area is 110 Å². The molecule has 4 heteroatoms. The van der Waals surface area contributed by atoms with E-state index in [-0.39, 0.29) is 15.0 Å². The number of para-hydroxylation sites is 1. The number of rotatable bonds is 1. The number of H-pyrrole nitrogens is 1. The zero-order chi connectivity index (χ0) is 11.9. The zero-order valence-electron chi connectivity index (χ0n) is 9.42. The van der Waals surface area contributed by atoms with E-state index in [1.165, 1.54) is 22.0 Å². The summed E-state index contributed by atoms with van der Waals surface area (Å²) in [5, 5.41) is 1.25. The van der Waals surface area contributed by atoms with Crippen molar-refractivity contribution in [3.63, 3.8) is 0 Å². The van der Waals surface area contributed by atoms with Gasteiger partial charge in [-0.3, -0.25) is 0 Å². The molecule has 86 valence electrons. The van der Waals surface area contributed by atoms with E-state index in [4.69, 9.17) is 0 Å². The molecule has 1 N–H and O–H groups in total. The van der Waals surface area contributed by atoms with Crippen LogP contribution >= 0.6 is 0 Å². The predicted octanol–water partition coefficient (Wildman–Crippen LogP) is 2.84. The Morgan fingerprint density at radius 2 is 1.83 bits per heavy atom. The van der Waals surface area contributed by atoms with Gasteiger partial charge in [-0.25, -0.2) is 0 Å². The monoisotopic (exact) mass is 299 g/mol. The molecule has 0 amide bonds. The quantitative estimate of drug-likeness (QED) is 0.549. The number of hydrogen-bond donors (Lipinski definition) is 1. The van der Waals surface area contributed by atoms with Gasteiger partial charge in [0.15, 0.2) is 0 Å². The Bertz CT molecular complexity index is 844. The van der Waals surface area contributed by atoms with Crippen LogP contribution in [0.25, 0.3) is 33.1 Å². The van der Waals surface area contributed by atoms with Gasteiger partial charge in [-0.15, -0.1) is 0 Å². The molecule has 0 aliphatic carbocycles. The molecule has 0 aliphatic rings. The average molecular weight is 298 g/mol. The molecule has 4 aromatic rings. The van der Waals surface area contributed by atoms with Gasteiger partial charge in [-0.05, 0) is 0 Å². The van der Waals surface area contributed by atoms with Crippen molar-refractivity contribution in [3.05, 3.63) is 48.7 Å². The number of nitrogens with one attached hydrogen (secondary N) is 1. The van der Waals surface area contributed by atoms with Crippen LogP contribution in [0.3, 0.4) is 0 Å². The molecule has 18 heavy (non-hydrogen) atoms. The van der Waals surface area contributed by atoms with Gasteiger partial charge in [0, 0.05) is 0 Å². The summed E-state index contributed by atoms with van der Waals surface area (Å²) in [5.74, 6) is 0. The first kappa shape index (κ1) is 10.1. The molecule has 0 aliphatic heterocycles. The zero-order valence-corrected chi connectivity index (χ0v) is 11.1.